The molecule has 0 aliphatic carbocycles. The number of carboxylic acid groups (broad SMARTS) is 1. The summed E-state index contributed by atoms with van der Waals surface area (Å²) in [5, 5.41) is 16.0. The zero-order chi connectivity index (χ0) is 23.6. The number of primary amides is 1. The van der Waals surface area contributed by atoms with Gasteiger partial charge in [-0.15, -0.1) is 0 Å². The van der Waals surface area contributed by atoms with Gasteiger partial charge in [0.15, 0.2) is 0 Å². The van der Waals surface area contributed by atoms with Gasteiger partial charge in [-0.1, -0.05) is 44.2 Å². The van der Waals surface area contributed by atoms with Crippen molar-refractivity contribution in [3.63, 3.8) is 0 Å². The van der Waals surface area contributed by atoms with E-state index in [1.54, 1.807) is 44.2 Å². The predicted molar refractivity (Wildman–Crippen MR) is 111 cm³/mol. The third kappa shape index (κ3) is 9.26. The lowest BCUT2D eigenvalue weighted by molar-refractivity contribution is -0.139. The normalized spacial score (nSPS) is 13.5. The standard InChI is InChI=1S/C20H29N5O6/c1-11(2)17(20(31)23-10-16(27)28)25-19(30)14(8-12-6-4-3-5-7-12)24-18(29)13(21)9-15(22)26/h3-7,11,13-14,17H,8-10,21H2,1-2H3,(H2,22,26)(H,23,31)(H,24,29)(H,25,30)(H,27,28). The molecule has 0 saturated heterocycles. The van der Waals surface area contributed by atoms with Crippen molar-refractivity contribution in [1.82, 2.24) is 16.0 Å². The first-order chi connectivity index (χ1) is 14.5. The van der Waals surface area contributed by atoms with Crippen LogP contribution in [0.1, 0.15) is 25.8 Å². The van der Waals surface area contributed by atoms with Gasteiger partial charge in [-0.05, 0) is 11.5 Å². The van der Waals surface area contributed by atoms with Crippen LogP contribution in [0.2, 0.25) is 0 Å². The minimum absolute atomic E-state index is 0.100. The lowest BCUT2D eigenvalue weighted by Gasteiger charge is -2.26. The first-order valence-electron chi connectivity index (χ1n) is 9.69. The highest BCUT2D eigenvalue weighted by molar-refractivity contribution is 5.94. The number of benzene rings is 1. The van der Waals surface area contributed by atoms with Crippen molar-refractivity contribution in [2.24, 2.45) is 17.4 Å². The maximum Gasteiger partial charge on any atom is 0.322 e. The van der Waals surface area contributed by atoms with E-state index in [0.717, 1.165) is 5.56 Å². The first kappa shape index (κ1) is 25.6. The molecule has 0 saturated carbocycles. The maximum atomic E-state index is 12.9. The van der Waals surface area contributed by atoms with Crippen LogP contribution in [0.5, 0.6) is 0 Å². The molecule has 1 aromatic carbocycles. The van der Waals surface area contributed by atoms with Crippen LogP contribution in [0.15, 0.2) is 30.3 Å². The highest BCUT2D eigenvalue weighted by atomic mass is 16.4. The molecule has 11 nitrogen and oxygen atoms in total. The Labute approximate surface area is 179 Å². The van der Waals surface area contributed by atoms with E-state index < -0.39 is 60.7 Å². The second-order valence-electron chi connectivity index (χ2n) is 7.37. The molecule has 0 spiro atoms. The lowest BCUT2D eigenvalue weighted by atomic mass is 10.0. The molecule has 170 valence electrons. The fourth-order valence-corrected chi connectivity index (χ4v) is 2.71. The minimum Gasteiger partial charge on any atom is -0.480 e. The zero-order valence-corrected chi connectivity index (χ0v) is 17.5. The molecule has 11 heteroatoms. The largest absolute Gasteiger partial charge is 0.480 e. The number of carboxylic acids is 1. The number of aliphatic carboxylic acids is 1. The van der Waals surface area contributed by atoms with Crippen molar-refractivity contribution >= 4 is 29.6 Å². The summed E-state index contributed by atoms with van der Waals surface area (Å²) in [6.45, 7) is 2.77. The number of hydrogen-bond donors (Lipinski definition) is 6. The van der Waals surface area contributed by atoms with E-state index in [4.69, 9.17) is 16.6 Å². The quantitative estimate of drug-likeness (QED) is 0.224. The summed E-state index contributed by atoms with van der Waals surface area (Å²) in [7, 11) is 0. The number of carbonyl (C=O) groups excluding carboxylic acids is 4. The molecule has 0 fully saturated rings. The average molecular weight is 435 g/mol. The maximum absolute atomic E-state index is 12.9. The number of nitrogens with two attached hydrogens (primary N) is 2. The summed E-state index contributed by atoms with van der Waals surface area (Å²) in [6, 6.07) is 5.49. The van der Waals surface area contributed by atoms with Gasteiger partial charge in [0.05, 0.1) is 12.5 Å². The number of hydrogen-bond acceptors (Lipinski definition) is 6. The first-order valence-corrected chi connectivity index (χ1v) is 9.69. The van der Waals surface area contributed by atoms with Crippen LogP contribution >= 0.6 is 0 Å². The van der Waals surface area contributed by atoms with Crippen LogP contribution in [-0.2, 0) is 30.4 Å². The van der Waals surface area contributed by atoms with Gasteiger partial charge < -0.3 is 32.5 Å². The van der Waals surface area contributed by atoms with Gasteiger partial charge in [0.1, 0.15) is 18.6 Å². The van der Waals surface area contributed by atoms with Gasteiger partial charge in [0.2, 0.25) is 23.6 Å². The third-order valence-electron chi connectivity index (χ3n) is 4.33. The molecule has 0 bridgehead atoms. The Morgan fingerprint density at radius 1 is 0.968 bits per heavy atom. The number of rotatable bonds is 12. The molecular weight excluding hydrogens is 406 g/mol. The van der Waals surface area contributed by atoms with E-state index in [1.807, 2.05) is 0 Å². The molecule has 8 N–H and O–H groups in total. The van der Waals surface area contributed by atoms with Gasteiger partial charge in [0, 0.05) is 6.42 Å². The molecule has 0 aliphatic rings. The van der Waals surface area contributed by atoms with Gasteiger partial charge in [0.25, 0.3) is 0 Å². The predicted octanol–water partition coefficient (Wildman–Crippen LogP) is -1.74. The van der Waals surface area contributed by atoms with Gasteiger partial charge in [-0.25, -0.2) is 0 Å². The summed E-state index contributed by atoms with van der Waals surface area (Å²) in [6.07, 6.45) is -0.291. The Balaban J connectivity index is 2.99. The topological polar surface area (TPSA) is 194 Å². The molecule has 4 amide bonds. The fraction of sp³-hybridized carbons (Fsp3) is 0.450. The van der Waals surface area contributed by atoms with E-state index >= 15 is 0 Å². The van der Waals surface area contributed by atoms with Crippen LogP contribution in [-0.4, -0.2) is 59.4 Å². The highest BCUT2D eigenvalue weighted by Gasteiger charge is 2.30. The van der Waals surface area contributed by atoms with Crippen LogP contribution in [0.4, 0.5) is 0 Å². The fourth-order valence-electron chi connectivity index (χ4n) is 2.71. The van der Waals surface area contributed by atoms with Crippen molar-refractivity contribution in [2.45, 2.75) is 44.8 Å². The Morgan fingerprint density at radius 3 is 2.10 bits per heavy atom. The summed E-state index contributed by atoms with van der Waals surface area (Å²) in [5.74, 6) is -4.41. The van der Waals surface area contributed by atoms with E-state index in [1.165, 1.54) is 0 Å². The second-order valence-corrected chi connectivity index (χ2v) is 7.37. The number of carbonyl (C=O) groups is 5. The third-order valence-corrected chi connectivity index (χ3v) is 4.33. The van der Waals surface area contributed by atoms with E-state index in [2.05, 4.69) is 16.0 Å². The molecule has 3 unspecified atom stereocenters. The van der Waals surface area contributed by atoms with Gasteiger partial charge in [-0.3, -0.25) is 24.0 Å². The second kappa shape index (κ2) is 12.3. The van der Waals surface area contributed by atoms with Crippen LogP contribution < -0.4 is 27.4 Å². The molecule has 0 aliphatic heterocycles. The van der Waals surface area contributed by atoms with Crippen LogP contribution in [0.25, 0.3) is 0 Å². The van der Waals surface area contributed by atoms with Crippen LogP contribution in [0, 0.1) is 5.92 Å². The molecule has 3 atom stereocenters. The number of amides is 4. The van der Waals surface area contributed by atoms with Crippen LogP contribution in [0.3, 0.4) is 0 Å². The highest BCUT2D eigenvalue weighted by Crippen LogP contribution is 2.07. The van der Waals surface area contributed by atoms with Crippen molar-refractivity contribution in [3.05, 3.63) is 35.9 Å². The van der Waals surface area contributed by atoms with Crippen molar-refractivity contribution < 1.29 is 29.1 Å². The van der Waals surface area contributed by atoms with Gasteiger partial charge in [-0.2, -0.15) is 0 Å². The zero-order valence-electron chi connectivity index (χ0n) is 17.5. The van der Waals surface area contributed by atoms with Crippen molar-refractivity contribution in [2.75, 3.05) is 6.54 Å². The Hall–Kier alpha value is -3.47. The molecule has 1 aromatic rings. The molecule has 1 rings (SSSR count). The van der Waals surface area contributed by atoms with E-state index in [-0.39, 0.29) is 12.3 Å². The monoisotopic (exact) mass is 435 g/mol. The van der Waals surface area contributed by atoms with E-state index in [0.29, 0.717) is 0 Å². The summed E-state index contributed by atoms with van der Waals surface area (Å²) in [5.41, 5.74) is 11.5. The Kier molecular flexibility index (Phi) is 10.1. The minimum atomic E-state index is -1.23. The Morgan fingerprint density at radius 2 is 1.58 bits per heavy atom. The summed E-state index contributed by atoms with van der Waals surface area (Å²) < 4.78 is 0. The average Bonchev–Trinajstić information content (AvgIpc) is 2.69. The molecule has 31 heavy (non-hydrogen) atoms. The molecule has 0 radical (unpaired) electrons. The summed E-state index contributed by atoms with van der Waals surface area (Å²) in [4.78, 5) is 59.3. The smallest absolute Gasteiger partial charge is 0.322 e. The van der Waals surface area contributed by atoms with E-state index in [9.17, 15) is 24.0 Å². The van der Waals surface area contributed by atoms with Crippen molar-refractivity contribution in [3.8, 4) is 0 Å². The molecule has 0 heterocycles. The molecule has 0 aromatic heterocycles. The number of nitrogens with one attached hydrogen (secondary N) is 3. The summed E-state index contributed by atoms with van der Waals surface area (Å²) >= 11 is 0. The van der Waals surface area contributed by atoms with Gasteiger partial charge >= 0.3 is 5.97 Å². The lowest BCUT2D eigenvalue weighted by Crippen LogP contribution is -2.58. The Bertz CT molecular complexity index is 799. The SMILES string of the molecule is CC(C)C(NC(=O)C(Cc1ccccc1)NC(=O)C(N)CC(N)=O)C(=O)NCC(=O)O. The molecular formula is C20H29N5O6. The van der Waals surface area contributed by atoms with Crippen molar-refractivity contribution in [1.29, 1.82) is 0 Å².